The van der Waals surface area contributed by atoms with Gasteiger partial charge in [-0.15, -0.1) is 0 Å². The number of benzene rings is 2. The number of sulfonamides is 1. The van der Waals surface area contributed by atoms with Crippen molar-refractivity contribution in [3.8, 4) is 0 Å². The highest BCUT2D eigenvalue weighted by Gasteiger charge is 2.22. The van der Waals surface area contributed by atoms with Crippen LogP contribution in [0.2, 0.25) is 0 Å². The number of halogens is 1. The fraction of sp³-hybridized carbons (Fsp3) is 0.300. The lowest BCUT2D eigenvalue weighted by molar-refractivity contribution is -0.115. The number of ether oxygens (including phenoxy) is 1. The van der Waals surface area contributed by atoms with Gasteiger partial charge in [0.15, 0.2) is 0 Å². The lowest BCUT2D eigenvalue weighted by Gasteiger charge is -2.13. The smallest absolute Gasteiger partial charge is 0.252 e. The lowest BCUT2D eigenvalue weighted by Crippen LogP contribution is -2.31. The number of nitrogens with one attached hydrogen (secondary N) is 2. The van der Waals surface area contributed by atoms with Crippen LogP contribution in [0.5, 0.6) is 0 Å². The quantitative estimate of drug-likeness (QED) is 0.606. The zero-order valence-corrected chi connectivity index (χ0v) is 16.9. The Balaban J connectivity index is 1.72. The SMILES string of the molecule is NS(=O)(=O)c1cc(NC(=O)Cc2ccc(F)cc2)ccc1C(=O)NCC1CCOC1. The Morgan fingerprint density at radius 1 is 1.17 bits per heavy atom. The van der Waals surface area contributed by atoms with Crippen molar-refractivity contribution in [2.24, 2.45) is 11.1 Å². The highest BCUT2D eigenvalue weighted by atomic mass is 32.2. The number of anilines is 1. The number of hydrogen-bond donors (Lipinski definition) is 3. The molecule has 1 heterocycles. The molecule has 160 valence electrons. The van der Waals surface area contributed by atoms with Crippen molar-refractivity contribution in [2.45, 2.75) is 17.7 Å². The Kier molecular flexibility index (Phi) is 6.80. The second-order valence-corrected chi connectivity index (χ2v) is 8.58. The number of carbonyl (C=O) groups is 2. The average Bonchev–Trinajstić information content (AvgIpc) is 3.21. The van der Waals surface area contributed by atoms with E-state index in [0.29, 0.717) is 25.3 Å². The van der Waals surface area contributed by atoms with E-state index in [0.717, 1.165) is 12.5 Å². The minimum absolute atomic E-state index is 0.0311. The zero-order valence-electron chi connectivity index (χ0n) is 16.1. The van der Waals surface area contributed by atoms with Gasteiger partial charge in [-0.05, 0) is 42.3 Å². The molecule has 3 rings (SSSR count). The number of primary sulfonamides is 1. The predicted octanol–water partition coefficient (Wildman–Crippen LogP) is 1.42. The topological polar surface area (TPSA) is 128 Å². The molecular weight excluding hydrogens is 413 g/mol. The van der Waals surface area contributed by atoms with Crippen LogP contribution in [0.3, 0.4) is 0 Å². The maximum atomic E-state index is 13.0. The van der Waals surface area contributed by atoms with Gasteiger partial charge in [0.05, 0.1) is 23.5 Å². The molecule has 0 saturated carbocycles. The fourth-order valence-electron chi connectivity index (χ4n) is 3.09. The van der Waals surface area contributed by atoms with Crippen LogP contribution < -0.4 is 15.8 Å². The zero-order chi connectivity index (χ0) is 21.7. The summed E-state index contributed by atoms with van der Waals surface area (Å²) in [5.74, 6) is -1.24. The molecule has 1 aliphatic heterocycles. The van der Waals surface area contributed by atoms with E-state index in [1.165, 1.54) is 36.4 Å². The molecular formula is C20H22FN3O5S. The second-order valence-electron chi connectivity index (χ2n) is 7.05. The molecule has 0 bridgehead atoms. The molecule has 4 N–H and O–H groups in total. The molecule has 2 aromatic rings. The van der Waals surface area contributed by atoms with Gasteiger partial charge in [0.25, 0.3) is 5.91 Å². The number of rotatable bonds is 7. The van der Waals surface area contributed by atoms with Crippen molar-refractivity contribution in [2.75, 3.05) is 25.1 Å². The Labute approximate surface area is 173 Å². The van der Waals surface area contributed by atoms with E-state index < -0.39 is 27.7 Å². The number of carbonyl (C=O) groups excluding carboxylic acids is 2. The van der Waals surface area contributed by atoms with Gasteiger partial charge in [-0.1, -0.05) is 12.1 Å². The van der Waals surface area contributed by atoms with Crippen LogP contribution in [0.25, 0.3) is 0 Å². The van der Waals surface area contributed by atoms with Crippen LogP contribution in [0.4, 0.5) is 10.1 Å². The third-order valence-corrected chi connectivity index (χ3v) is 5.62. The molecule has 2 amide bonds. The summed E-state index contributed by atoms with van der Waals surface area (Å²) in [5, 5.41) is 10.5. The molecule has 8 nitrogen and oxygen atoms in total. The number of hydrogen-bond acceptors (Lipinski definition) is 5. The summed E-state index contributed by atoms with van der Waals surface area (Å²) in [7, 11) is -4.22. The summed E-state index contributed by atoms with van der Waals surface area (Å²) in [6.07, 6.45) is 0.790. The minimum Gasteiger partial charge on any atom is -0.381 e. The Morgan fingerprint density at radius 3 is 2.53 bits per heavy atom. The Hall–Kier alpha value is -2.82. The monoisotopic (exact) mass is 435 g/mol. The molecule has 1 fully saturated rings. The molecule has 2 aromatic carbocycles. The van der Waals surface area contributed by atoms with Crippen molar-refractivity contribution < 1.29 is 27.1 Å². The molecule has 1 saturated heterocycles. The van der Waals surface area contributed by atoms with Crippen LogP contribution in [-0.2, 0) is 26.0 Å². The van der Waals surface area contributed by atoms with Crippen molar-refractivity contribution in [1.82, 2.24) is 5.32 Å². The van der Waals surface area contributed by atoms with Crippen LogP contribution in [0.15, 0.2) is 47.4 Å². The molecule has 30 heavy (non-hydrogen) atoms. The van der Waals surface area contributed by atoms with E-state index >= 15 is 0 Å². The predicted molar refractivity (Wildman–Crippen MR) is 108 cm³/mol. The van der Waals surface area contributed by atoms with Gasteiger partial charge in [0, 0.05) is 24.8 Å². The molecule has 1 unspecified atom stereocenters. The van der Waals surface area contributed by atoms with Crippen molar-refractivity contribution in [3.05, 3.63) is 59.4 Å². The molecule has 0 radical (unpaired) electrons. The van der Waals surface area contributed by atoms with Crippen molar-refractivity contribution in [1.29, 1.82) is 0 Å². The van der Waals surface area contributed by atoms with Crippen molar-refractivity contribution >= 4 is 27.5 Å². The lowest BCUT2D eigenvalue weighted by atomic mass is 10.1. The number of nitrogens with two attached hydrogens (primary N) is 1. The van der Waals surface area contributed by atoms with Crippen LogP contribution in [0, 0.1) is 11.7 Å². The highest BCUT2D eigenvalue weighted by Crippen LogP contribution is 2.21. The maximum Gasteiger partial charge on any atom is 0.252 e. The summed E-state index contributed by atoms with van der Waals surface area (Å²) in [6.45, 7) is 1.54. The van der Waals surface area contributed by atoms with E-state index in [-0.39, 0.29) is 28.5 Å². The molecule has 0 spiro atoms. The van der Waals surface area contributed by atoms with E-state index in [2.05, 4.69) is 10.6 Å². The third kappa shape index (κ3) is 5.85. The van der Waals surface area contributed by atoms with Gasteiger partial charge in [-0.2, -0.15) is 0 Å². The van der Waals surface area contributed by atoms with Gasteiger partial charge in [0.2, 0.25) is 15.9 Å². The third-order valence-electron chi connectivity index (χ3n) is 4.67. The summed E-state index contributed by atoms with van der Waals surface area (Å²) < 4.78 is 42.2. The van der Waals surface area contributed by atoms with Crippen molar-refractivity contribution in [3.63, 3.8) is 0 Å². The first-order valence-electron chi connectivity index (χ1n) is 9.29. The first-order chi connectivity index (χ1) is 14.2. The first-order valence-corrected chi connectivity index (χ1v) is 10.8. The summed E-state index contributed by atoms with van der Waals surface area (Å²) in [4.78, 5) is 24.3. The first kappa shape index (κ1) is 21.9. The van der Waals surface area contributed by atoms with Gasteiger partial charge < -0.3 is 15.4 Å². The van der Waals surface area contributed by atoms with Crippen LogP contribution in [-0.4, -0.2) is 40.0 Å². The fourth-order valence-corrected chi connectivity index (χ4v) is 3.85. The molecule has 1 aliphatic rings. The average molecular weight is 435 g/mol. The molecule has 10 heteroatoms. The highest BCUT2D eigenvalue weighted by molar-refractivity contribution is 7.89. The van der Waals surface area contributed by atoms with E-state index in [1.54, 1.807) is 0 Å². The van der Waals surface area contributed by atoms with Gasteiger partial charge in [-0.3, -0.25) is 9.59 Å². The summed E-state index contributed by atoms with van der Waals surface area (Å²) in [6, 6.07) is 9.31. The van der Waals surface area contributed by atoms with Gasteiger partial charge >= 0.3 is 0 Å². The second kappa shape index (κ2) is 9.33. The number of amides is 2. The summed E-state index contributed by atoms with van der Waals surface area (Å²) >= 11 is 0. The largest absolute Gasteiger partial charge is 0.381 e. The van der Waals surface area contributed by atoms with Crippen LogP contribution in [0.1, 0.15) is 22.3 Å². The molecule has 0 aromatic heterocycles. The normalized spacial score (nSPS) is 16.3. The molecule has 1 atom stereocenters. The van der Waals surface area contributed by atoms with Gasteiger partial charge in [0.1, 0.15) is 5.82 Å². The Morgan fingerprint density at radius 2 is 1.90 bits per heavy atom. The molecule has 0 aliphatic carbocycles. The standard InChI is InChI=1S/C20H22FN3O5S/c21-15-3-1-13(2-4-15)9-19(25)24-16-5-6-17(18(10-16)30(22,27)28)20(26)23-11-14-7-8-29-12-14/h1-6,10,14H,7-9,11-12H2,(H,23,26)(H,24,25)(H2,22,27,28). The van der Waals surface area contributed by atoms with Gasteiger partial charge in [-0.25, -0.2) is 17.9 Å². The van der Waals surface area contributed by atoms with E-state index in [1.807, 2.05) is 0 Å². The van der Waals surface area contributed by atoms with Crippen LogP contribution >= 0.6 is 0 Å². The minimum atomic E-state index is -4.22. The van der Waals surface area contributed by atoms with E-state index in [9.17, 15) is 22.4 Å². The maximum absolute atomic E-state index is 13.0. The summed E-state index contributed by atoms with van der Waals surface area (Å²) in [5.41, 5.74) is 0.660. The Bertz CT molecular complexity index is 1030. The van der Waals surface area contributed by atoms with E-state index in [4.69, 9.17) is 9.88 Å².